The van der Waals surface area contributed by atoms with Crippen LogP contribution in [0, 0.1) is 13.8 Å². The Balaban J connectivity index is 1.43. The largest absolute Gasteiger partial charge is 0.493 e. The van der Waals surface area contributed by atoms with Gasteiger partial charge >= 0.3 is 0 Å². The second-order valence-corrected chi connectivity index (χ2v) is 8.76. The lowest BCUT2D eigenvalue weighted by Crippen LogP contribution is -2.26. The third-order valence-corrected chi connectivity index (χ3v) is 6.53. The second kappa shape index (κ2) is 9.21. The summed E-state index contributed by atoms with van der Waals surface area (Å²) >= 11 is 0. The van der Waals surface area contributed by atoms with Gasteiger partial charge in [0.25, 0.3) is 0 Å². The Morgan fingerprint density at radius 2 is 1.65 bits per heavy atom. The summed E-state index contributed by atoms with van der Waals surface area (Å²) < 4.78 is 13.7. The number of para-hydroxylation sites is 5. The van der Waals surface area contributed by atoms with Crippen LogP contribution in [0.2, 0.25) is 0 Å². The third kappa shape index (κ3) is 4.00. The molecule has 6 nitrogen and oxygen atoms in total. The molecule has 6 heteroatoms. The van der Waals surface area contributed by atoms with Crippen molar-refractivity contribution >= 4 is 22.6 Å². The SMILES string of the molecule is COc1ccccc1OCCn1c([C@@H]2CC(=O)N(c3c(C)cccc3C)C2)nc2ccccc21. The van der Waals surface area contributed by atoms with Gasteiger partial charge in [0.05, 0.1) is 24.7 Å². The molecule has 5 rings (SSSR count). The number of hydrogen-bond donors (Lipinski definition) is 0. The number of benzene rings is 3. The monoisotopic (exact) mass is 455 g/mol. The number of nitrogens with zero attached hydrogens (tertiary/aromatic N) is 3. The van der Waals surface area contributed by atoms with E-state index in [1.165, 1.54) is 0 Å². The number of aromatic nitrogens is 2. The van der Waals surface area contributed by atoms with E-state index in [-0.39, 0.29) is 11.8 Å². The normalized spacial score (nSPS) is 15.8. The standard InChI is InChI=1S/C28H29N3O3/c1-19-9-8-10-20(2)27(19)31-18-21(17-26(31)32)28-29-22-11-4-5-12-23(22)30(28)15-16-34-25-14-7-6-13-24(25)33-3/h4-14,21H,15-18H2,1-3H3/t21-/m1/s1. The van der Waals surface area contributed by atoms with Crippen molar-refractivity contribution in [2.75, 3.05) is 25.2 Å². The van der Waals surface area contributed by atoms with E-state index in [9.17, 15) is 4.79 Å². The van der Waals surface area contributed by atoms with Gasteiger partial charge in [0.1, 0.15) is 12.4 Å². The van der Waals surface area contributed by atoms with E-state index in [1.807, 2.05) is 53.4 Å². The van der Waals surface area contributed by atoms with Crippen LogP contribution < -0.4 is 14.4 Å². The van der Waals surface area contributed by atoms with Gasteiger partial charge in [-0.1, -0.05) is 42.5 Å². The van der Waals surface area contributed by atoms with Crippen molar-refractivity contribution in [2.24, 2.45) is 0 Å². The topological polar surface area (TPSA) is 56.6 Å². The van der Waals surface area contributed by atoms with Gasteiger partial charge in [-0.2, -0.15) is 0 Å². The molecule has 0 spiro atoms. The van der Waals surface area contributed by atoms with Gasteiger partial charge in [-0.05, 0) is 49.2 Å². The maximum atomic E-state index is 13.1. The predicted molar refractivity (Wildman–Crippen MR) is 134 cm³/mol. The van der Waals surface area contributed by atoms with Gasteiger partial charge in [-0.25, -0.2) is 4.98 Å². The molecule has 0 aliphatic carbocycles. The summed E-state index contributed by atoms with van der Waals surface area (Å²) in [4.78, 5) is 20.0. The highest BCUT2D eigenvalue weighted by molar-refractivity contribution is 5.98. The van der Waals surface area contributed by atoms with Crippen molar-refractivity contribution in [3.8, 4) is 11.5 Å². The minimum Gasteiger partial charge on any atom is -0.493 e. The molecule has 1 fully saturated rings. The van der Waals surface area contributed by atoms with Crippen LogP contribution in [0.25, 0.3) is 11.0 Å². The fraction of sp³-hybridized carbons (Fsp3) is 0.286. The first-order chi connectivity index (χ1) is 16.6. The fourth-order valence-electron chi connectivity index (χ4n) is 4.95. The Morgan fingerprint density at radius 1 is 0.941 bits per heavy atom. The molecular formula is C28H29N3O3. The first-order valence-electron chi connectivity index (χ1n) is 11.6. The van der Waals surface area contributed by atoms with Crippen LogP contribution >= 0.6 is 0 Å². The van der Waals surface area contributed by atoms with Crippen LogP contribution in [-0.4, -0.2) is 35.7 Å². The van der Waals surface area contributed by atoms with Crippen LogP contribution in [0.4, 0.5) is 5.69 Å². The molecule has 34 heavy (non-hydrogen) atoms. The van der Waals surface area contributed by atoms with E-state index in [4.69, 9.17) is 14.5 Å². The van der Waals surface area contributed by atoms with Crippen molar-refractivity contribution in [2.45, 2.75) is 32.7 Å². The highest BCUT2D eigenvalue weighted by Crippen LogP contribution is 2.36. The van der Waals surface area contributed by atoms with E-state index in [1.54, 1.807) is 7.11 Å². The lowest BCUT2D eigenvalue weighted by Gasteiger charge is -2.21. The molecule has 0 bridgehead atoms. The van der Waals surface area contributed by atoms with Gasteiger partial charge < -0.3 is 18.9 Å². The maximum Gasteiger partial charge on any atom is 0.227 e. The zero-order valence-corrected chi connectivity index (χ0v) is 19.8. The van der Waals surface area contributed by atoms with Gasteiger partial charge in [0.15, 0.2) is 11.5 Å². The highest BCUT2D eigenvalue weighted by atomic mass is 16.5. The van der Waals surface area contributed by atoms with Gasteiger partial charge in [-0.15, -0.1) is 0 Å². The molecule has 4 aromatic rings. The Hall–Kier alpha value is -3.80. The number of fused-ring (bicyclic) bond motifs is 1. The van der Waals surface area contributed by atoms with Crippen LogP contribution in [-0.2, 0) is 11.3 Å². The number of methoxy groups -OCH3 is 1. The van der Waals surface area contributed by atoms with Crippen molar-refractivity contribution in [3.63, 3.8) is 0 Å². The zero-order valence-electron chi connectivity index (χ0n) is 19.8. The molecule has 1 atom stereocenters. The number of rotatable bonds is 7. The Bertz CT molecular complexity index is 1320. The summed E-state index contributed by atoms with van der Waals surface area (Å²) in [5.41, 5.74) is 5.25. The second-order valence-electron chi connectivity index (χ2n) is 8.76. The number of carbonyl (C=O) groups is 1. The van der Waals surface area contributed by atoms with Crippen LogP contribution in [0.3, 0.4) is 0 Å². The third-order valence-electron chi connectivity index (χ3n) is 6.53. The minimum absolute atomic E-state index is 0.0187. The average Bonchev–Trinajstić information content (AvgIpc) is 3.40. The number of carbonyl (C=O) groups excluding carboxylic acids is 1. The molecule has 3 aromatic carbocycles. The number of imidazole rings is 1. The number of ether oxygens (including phenoxy) is 2. The number of aryl methyl sites for hydroxylation is 2. The molecule has 0 N–H and O–H groups in total. The summed E-state index contributed by atoms with van der Waals surface area (Å²) in [6, 6.07) is 21.9. The van der Waals surface area contributed by atoms with Crippen LogP contribution in [0.5, 0.6) is 11.5 Å². The zero-order chi connectivity index (χ0) is 23.7. The van der Waals surface area contributed by atoms with Crippen molar-refractivity contribution < 1.29 is 14.3 Å². The Morgan fingerprint density at radius 3 is 2.41 bits per heavy atom. The van der Waals surface area contributed by atoms with E-state index in [0.29, 0.717) is 37.6 Å². The van der Waals surface area contributed by atoms with E-state index >= 15 is 0 Å². The van der Waals surface area contributed by atoms with Crippen LogP contribution in [0.1, 0.15) is 29.3 Å². The van der Waals surface area contributed by atoms with E-state index in [0.717, 1.165) is 33.7 Å². The summed E-state index contributed by atoms with van der Waals surface area (Å²) in [6.07, 6.45) is 0.449. The van der Waals surface area contributed by atoms with Crippen molar-refractivity contribution in [1.29, 1.82) is 0 Å². The molecule has 0 unspecified atom stereocenters. The lowest BCUT2D eigenvalue weighted by molar-refractivity contribution is -0.117. The maximum absolute atomic E-state index is 13.1. The first-order valence-corrected chi connectivity index (χ1v) is 11.6. The number of hydrogen-bond acceptors (Lipinski definition) is 4. The van der Waals surface area contributed by atoms with E-state index in [2.05, 4.69) is 36.6 Å². The summed E-state index contributed by atoms with van der Waals surface area (Å²) in [6.45, 7) is 5.85. The van der Waals surface area contributed by atoms with Crippen molar-refractivity contribution in [3.05, 3.63) is 83.7 Å². The summed E-state index contributed by atoms with van der Waals surface area (Å²) in [7, 11) is 1.64. The molecule has 174 valence electrons. The van der Waals surface area contributed by atoms with E-state index < -0.39 is 0 Å². The Kier molecular flexibility index (Phi) is 5.97. The first kappa shape index (κ1) is 22.0. The molecule has 1 saturated heterocycles. The quantitative estimate of drug-likeness (QED) is 0.381. The molecule has 2 heterocycles. The molecule has 1 aliphatic heterocycles. The fourth-order valence-corrected chi connectivity index (χ4v) is 4.95. The Labute approximate surface area is 199 Å². The molecule has 1 amide bonds. The molecule has 1 aliphatic rings. The smallest absolute Gasteiger partial charge is 0.227 e. The molecule has 0 radical (unpaired) electrons. The van der Waals surface area contributed by atoms with Crippen molar-refractivity contribution in [1.82, 2.24) is 9.55 Å². The average molecular weight is 456 g/mol. The summed E-state index contributed by atoms with van der Waals surface area (Å²) in [5, 5.41) is 0. The predicted octanol–water partition coefficient (Wildman–Crippen LogP) is 5.26. The number of amides is 1. The molecule has 1 aromatic heterocycles. The number of anilines is 1. The molecular weight excluding hydrogens is 426 g/mol. The van der Waals surface area contributed by atoms with Crippen LogP contribution in [0.15, 0.2) is 66.7 Å². The lowest BCUT2D eigenvalue weighted by atomic mass is 10.1. The van der Waals surface area contributed by atoms with Gasteiger partial charge in [0, 0.05) is 24.6 Å². The van der Waals surface area contributed by atoms with Gasteiger partial charge in [-0.3, -0.25) is 4.79 Å². The van der Waals surface area contributed by atoms with Gasteiger partial charge in [0.2, 0.25) is 5.91 Å². The molecule has 0 saturated carbocycles. The summed E-state index contributed by atoms with van der Waals surface area (Å²) in [5.74, 6) is 2.53. The minimum atomic E-state index is 0.0187. The highest BCUT2D eigenvalue weighted by Gasteiger charge is 2.35.